The van der Waals surface area contributed by atoms with Crippen molar-refractivity contribution in [2.45, 2.75) is 11.8 Å². The maximum atomic E-state index is 12.7. The van der Waals surface area contributed by atoms with E-state index in [1.807, 2.05) is 23.6 Å². The number of thioether (sulfide) groups is 1. The Kier molecular flexibility index (Phi) is 6.19. The second-order valence-electron chi connectivity index (χ2n) is 5.94. The second kappa shape index (κ2) is 8.97. The second-order valence-corrected chi connectivity index (χ2v) is 6.73. The largest absolute Gasteiger partial charge is 0.506 e. The summed E-state index contributed by atoms with van der Waals surface area (Å²) in [5, 5.41) is 32.3. The number of carbonyl (C=O) groups is 1. The van der Waals surface area contributed by atoms with Gasteiger partial charge in [0, 0.05) is 16.0 Å². The summed E-state index contributed by atoms with van der Waals surface area (Å²) in [4.78, 5) is 13.2. The number of nitriles is 2. The maximum absolute atomic E-state index is 12.7. The van der Waals surface area contributed by atoms with Crippen molar-refractivity contribution in [1.29, 1.82) is 10.5 Å². The highest BCUT2D eigenvalue weighted by Gasteiger charge is 2.30. The number of hydrogen-bond donors (Lipinski definition) is 1. The molecule has 5 nitrogen and oxygen atoms in total. The fraction of sp³-hybridized carbons (Fsp3) is 0.0870. The van der Waals surface area contributed by atoms with Crippen LogP contribution < -0.4 is 0 Å². The van der Waals surface area contributed by atoms with Gasteiger partial charge in [-0.15, -0.1) is 0 Å². The lowest BCUT2D eigenvalue weighted by Crippen LogP contribution is -2.10. The smallest absolute Gasteiger partial charge is 0.342 e. The number of aromatic hydroxyl groups is 1. The van der Waals surface area contributed by atoms with Crippen LogP contribution in [0.15, 0.2) is 65.6 Å². The quantitative estimate of drug-likeness (QED) is 0.352. The first kappa shape index (κ1) is 20.0. The van der Waals surface area contributed by atoms with Gasteiger partial charge in [0.25, 0.3) is 0 Å². The molecule has 1 N–H and O–H groups in total. The lowest BCUT2D eigenvalue weighted by molar-refractivity contribution is 0.0523. The summed E-state index contributed by atoms with van der Waals surface area (Å²) < 4.78 is 5.15. The van der Waals surface area contributed by atoms with Gasteiger partial charge in [-0.25, -0.2) is 4.79 Å². The van der Waals surface area contributed by atoms with Gasteiger partial charge in [-0.1, -0.05) is 60.7 Å². The first-order chi connectivity index (χ1) is 14.1. The van der Waals surface area contributed by atoms with Crippen molar-refractivity contribution in [3.63, 3.8) is 0 Å². The summed E-state index contributed by atoms with van der Waals surface area (Å²) in [6, 6.07) is 20.0. The van der Waals surface area contributed by atoms with Gasteiger partial charge in [0.15, 0.2) is 0 Å². The van der Waals surface area contributed by atoms with E-state index in [4.69, 9.17) is 4.74 Å². The Bertz CT molecular complexity index is 1130. The van der Waals surface area contributed by atoms with E-state index < -0.39 is 11.7 Å². The number of nitrogens with zero attached hydrogens (tertiary/aromatic N) is 2. The van der Waals surface area contributed by atoms with Crippen molar-refractivity contribution in [2.24, 2.45) is 0 Å². The normalized spacial score (nSPS) is 10.0. The SMILES string of the molecule is CCOC(=O)c1c(O)c(C#N)c(-c2ccccc2)c(SC#N)c1-c1ccccc1. The zero-order chi connectivity index (χ0) is 20.8. The summed E-state index contributed by atoms with van der Waals surface area (Å²) in [5.41, 5.74) is 1.87. The van der Waals surface area contributed by atoms with Crippen LogP contribution in [0.2, 0.25) is 0 Å². The Morgan fingerprint density at radius 1 is 1.00 bits per heavy atom. The molecule has 142 valence electrons. The molecule has 0 amide bonds. The molecule has 0 radical (unpaired) electrons. The van der Waals surface area contributed by atoms with E-state index in [0.29, 0.717) is 27.1 Å². The molecule has 0 aliphatic rings. The van der Waals surface area contributed by atoms with E-state index in [0.717, 1.165) is 11.8 Å². The molecule has 3 aromatic rings. The third-order valence-electron chi connectivity index (χ3n) is 4.29. The molecule has 0 spiro atoms. The summed E-state index contributed by atoms with van der Waals surface area (Å²) in [7, 11) is 0. The Morgan fingerprint density at radius 3 is 2.03 bits per heavy atom. The van der Waals surface area contributed by atoms with Gasteiger partial charge in [-0.05, 0) is 29.8 Å². The summed E-state index contributed by atoms with van der Waals surface area (Å²) in [6.07, 6.45) is 0. The highest BCUT2D eigenvalue weighted by Crippen LogP contribution is 2.48. The van der Waals surface area contributed by atoms with E-state index in [1.54, 1.807) is 55.5 Å². The molecule has 3 aromatic carbocycles. The fourth-order valence-corrected chi connectivity index (χ4v) is 3.87. The maximum Gasteiger partial charge on any atom is 0.342 e. The van der Waals surface area contributed by atoms with Gasteiger partial charge in [0.2, 0.25) is 0 Å². The summed E-state index contributed by atoms with van der Waals surface area (Å²) >= 11 is 0.842. The average molecular weight is 400 g/mol. The molecule has 0 fully saturated rings. The number of thiocyanates is 1. The van der Waals surface area contributed by atoms with Crippen LogP contribution in [0.25, 0.3) is 22.3 Å². The lowest BCUT2D eigenvalue weighted by Gasteiger charge is -2.20. The molecule has 0 aromatic heterocycles. The molecule has 0 aliphatic heterocycles. The van der Waals surface area contributed by atoms with E-state index in [-0.39, 0.29) is 17.7 Å². The third-order valence-corrected chi connectivity index (χ3v) is 5.00. The predicted octanol–water partition coefficient (Wildman–Crippen LogP) is 5.35. The minimum atomic E-state index is -0.750. The van der Waals surface area contributed by atoms with Crippen molar-refractivity contribution in [1.82, 2.24) is 0 Å². The molecule has 0 atom stereocenters. The van der Waals surface area contributed by atoms with Crippen molar-refractivity contribution < 1.29 is 14.6 Å². The Balaban J connectivity index is 2.53. The van der Waals surface area contributed by atoms with Crippen molar-refractivity contribution in [3.05, 3.63) is 71.8 Å². The van der Waals surface area contributed by atoms with Gasteiger partial charge in [-0.2, -0.15) is 10.5 Å². The molecular weight excluding hydrogens is 384 g/mol. The van der Waals surface area contributed by atoms with Crippen LogP contribution in [-0.4, -0.2) is 17.7 Å². The number of benzene rings is 3. The number of rotatable bonds is 5. The number of phenols is 1. The molecule has 0 saturated carbocycles. The average Bonchev–Trinajstić information content (AvgIpc) is 2.75. The molecule has 0 unspecified atom stereocenters. The zero-order valence-electron chi connectivity index (χ0n) is 15.5. The topological polar surface area (TPSA) is 94.1 Å². The van der Waals surface area contributed by atoms with Crippen LogP contribution in [0, 0.1) is 22.0 Å². The molecule has 6 heteroatoms. The molecule has 0 aliphatic carbocycles. The first-order valence-corrected chi connectivity index (χ1v) is 9.62. The molecule has 0 bridgehead atoms. The van der Waals surface area contributed by atoms with Gasteiger partial charge in [0.1, 0.15) is 28.3 Å². The minimum Gasteiger partial charge on any atom is -0.506 e. The van der Waals surface area contributed by atoms with Crippen molar-refractivity contribution in [3.8, 4) is 39.5 Å². The van der Waals surface area contributed by atoms with Crippen LogP contribution in [0.3, 0.4) is 0 Å². The number of esters is 1. The van der Waals surface area contributed by atoms with Crippen LogP contribution >= 0.6 is 11.8 Å². The highest BCUT2D eigenvalue weighted by atomic mass is 32.2. The van der Waals surface area contributed by atoms with E-state index >= 15 is 0 Å². The number of hydrogen-bond acceptors (Lipinski definition) is 6. The van der Waals surface area contributed by atoms with Gasteiger partial charge >= 0.3 is 5.97 Å². The van der Waals surface area contributed by atoms with Crippen molar-refractivity contribution >= 4 is 17.7 Å². The molecule has 0 saturated heterocycles. The van der Waals surface area contributed by atoms with Gasteiger partial charge < -0.3 is 9.84 Å². The summed E-state index contributed by atoms with van der Waals surface area (Å²) in [5.74, 6) is -1.20. The van der Waals surface area contributed by atoms with Crippen LogP contribution in [0.1, 0.15) is 22.8 Å². The van der Waals surface area contributed by atoms with Crippen molar-refractivity contribution in [2.75, 3.05) is 6.61 Å². The predicted molar refractivity (Wildman–Crippen MR) is 111 cm³/mol. The molecule has 3 rings (SSSR count). The molecular formula is C23H16N2O3S. The minimum absolute atomic E-state index is 0.0725. The van der Waals surface area contributed by atoms with Gasteiger partial charge in [0.05, 0.1) is 6.61 Å². The number of carbonyl (C=O) groups excluding carboxylic acids is 1. The fourth-order valence-electron chi connectivity index (χ4n) is 3.13. The number of phenolic OH excluding ortho intramolecular Hbond substituents is 1. The lowest BCUT2D eigenvalue weighted by atomic mass is 9.89. The highest BCUT2D eigenvalue weighted by molar-refractivity contribution is 8.04. The van der Waals surface area contributed by atoms with E-state index in [2.05, 4.69) is 0 Å². The van der Waals surface area contributed by atoms with Crippen LogP contribution in [0.5, 0.6) is 5.75 Å². The zero-order valence-corrected chi connectivity index (χ0v) is 16.4. The first-order valence-electron chi connectivity index (χ1n) is 8.80. The monoisotopic (exact) mass is 400 g/mol. The van der Waals surface area contributed by atoms with Crippen LogP contribution in [0.4, 0.5) is 0 Å². The van der Waals surface area contributed by atoms with E-state index in [9.17, 15) is 20.4 Å². The van der Waals surface area contributed by atoms with Gasteiger partial charge in [-0.3, -0.25) is 0 Å². The standard InChI is InChI=1S/C23H16N2O3S/c1-2-28-23(27)20-19(16-11-7-4-8-12-16)22(29-14-25)18(17(13-24)21(20)26)15-9-5-3-6-10-15/h3-12,26H,2H2,1H3. The molecule has 0 heterocycles. The van der Waals surface area contributed by atoms with E-state index in [1.165, 1.54) is 0 Å². The Morgan fingerprint density at radius 2 is 1.55 bits per heavy atom. The molecule has 29 heavy (non-hydrogen) atoms. The Labute approximate surface area is 172 Å². The van der Waals surface area contributed by atoms with Crippen LogP contribution in [-0.2, 0) is 4.74 Å². The summed E-state index contributed by atoms with van der Waals surface area (Å²) in [6.45, 7) is 1.77. The number of ether oxygens (including phenoxy) is 1. The third kappa shape index (κ3) is 3.80. The Hall–Kier alpha value is -3.74.